The molecule has 7 nitrogen and oxygen atoms in total. The van der Waals surface area contributed by atoms with Gasteiger partial charge in [-0.25, -0.2) is 0 Å². The number of nitrogens with one attached hydrogen (secondary N) is 1. The largest absolute Gasteiger partial charge is 0.411 e. The third kappa shape index (κ3) is 3.41. The molecule has 1 fully saturated rings. The van der Waals surface area contributed by atoms with E-state index in [1.165, 1.54) is 0 Å². The van der Waals surface area contributed by atoms with Crippen molar-refractivity contribution in [1.29, 1.82) is 0 Å². The zero-order valence-corrected chi connectivity index (χ0v) is 13.4. The van der Waals surface area contributed by atoms with Gasteiger partial charge in [0.05, 0.1) is 24.5 Å². The molecule has 1 aromatic heterocycles. The Balaban J connectivity index is 1.80. The molecule has 1 saturated heterocycles. The minimum absolute atomic E-state index is 0.208. The van der Waals surface area contributed by atoms with Crippen LogP contribution >= 0.6 is 0 Å². The van der Waals surface area contributed by atoms with Crippen LogP contribution in [0.4, 0.5) is 11.4 Å². The van der Waals surface area contributed by atoms with Crippen molar-refractivity contribution < 1.29 is 19.1 Å². The van der Waals surface area contributed by atoms with Crippen LogP contribution in [0.3, 0.4) is 0 Å². The van der Waals surface area contributed by atoms with Gasteiger partial charge in [0.15, 0.2) is 0 Å². The van der Waals surface area contributed by atoms with Crippen molar-refractivity contribution in [1.82, 2.24) is 4.57 Å². The lowest BCUT2D eigenvalue weighted by molar-refractivity contribution is -0.121. The van der Waals surface area contributed by atoms with E-state index >= 15 is 0 Å². The molecule has 2 aromatic rings. The number of morpholine rings is 1. The van der Waals surface area contributed by atoms with Crippen LogP contribution in [0.15, 0.2) is 36.5 Å². The molecule has 0 bridgehead atoms. The summed E-state index contributed by atoms with van der Waals surface area (Å²) in [5, 5.41) is 2.84. The second-order valence-corrected chi connectivity index (χ2v) is 5.46. The Hall–Kier alpha value is -2.80. The van der Waals surface area contributed by atoms with Gasteiger partial charge in [0.1, 0.15) is 0 Å². The van der Waals surface area contributed by atoms with Crippen LogP contribution in [0.2, 0.25) is 0 Å². The highest BCUT2D eigenvalue weighted by molar-refractivity contribution is 6.08. The zero-order valence-electron chi connectivity index (χ0n) is 13.4. The Kier molecular flexibility index (Phi) is 4.81. The van der Waals surface area contributed by atoms with E-state index in [4.69, 9.17) is 9.47 Å². The Morgan fingerprint density at radius 3 is 2.79 bits per heavy atom. The van der Waals surface area contributed by atoms with Gasteiger partial charge in [0, 0.05) is 38.1 Å². The summed E-state index contributed by atoms with van der Waals surface area (Å²) in [5.41, 5.74) is 2.05. The fourth-order valence-electron chi connectivity index (χ4n) is 2.72. The number of nitrogens with zero attached hydrogens (tertiary/aromatic N) is 2. The van der Waals surface area contributed by atoms with Crippen LogP contribution in [0.1, 0.15) is 10.4 Å². The van der Waals surface area contributed by atoms with Crippen LogP contribution < -0.4 is 15.0 Å². The summed E-state index contributed by atoms with van der Waals surface area (Å²) in [4.78, 5) is 25.3. The van der Waals surface area contributed by atoms with Gasteiger partial charge in [-0.15, -0.1) is 0 Å². The highest BCUT2D eigenvalue weighted by atomic mass is 16.5. The summed E-state index contributed by atoms with van der Waals surface area (Å²) in [6.07, 6.45) is 1.69. The first-order valence-electron chi connectivity index (χ1n) is 7.69. The molecule has 1 aliphatic heterocycles. The van der Waals surface area contributed by atoms with Crippen LogP contribution in [-0.2, 0) is 16.6 Å². The molecule has 24 heavy (non-hydrogen) atoms. The summed E-state index contributed by atoms with van der Waals surface area (Å²) < 4.78 is 11.8. The van der Waals surface area contributed by atoms with Gasteiger partial charge < -0.3 is 24.3 Å². The molecule has 0 unspecified atom stereocenters. The van der Waals surface area contributed by atoms with Crippen LogP contribution in [0.25, 0.3) is 0 Å². The first kappa shape index (κ1) is 16.1. The molecule has 0 aliphatic carbocycles. The summed E-state index contributed by atoms with van der Waals surface area (Å²) in [6, 6.07) is 9.09. The predicted molar refractivity (Wildman–Crippen MR) is 89.5 cm³/mol. The molecular weight excluding hydrogens is 310 g/mol. The highest BCUT2D eigenvalue weighted by Gasteiger charge is 2.19. The quantitative estimate of drug-likeness (QED) is 0.845. The molecule has 3 rings (SSSR count). The maximum absolute atomic E-state index is 12.7. The van der Waals surface area contributed by atoms with Gasteiger partial charge in [-0.05, 0) is 12.1 Å². The summed E-state index contributed by atoms with van der Waals surface area (Å²) in [5.74, 6) is 0.155. The Morgan fingerprint density at radius 2 is 2.04 bits per heavy atom. The lowest BCUT2D eigenvalue weighted by atomic mass is 10.1. The molecule has 1 N–H and O–H groups in total. The molecule has 1 aromatic carbocycles. The maximum Gasteiger partial charge on any atom is 0.299 e. The second-order valence-electron chi connectivity index (χ2n) is 5.46. The number of carbonyl (C=O) groups excluding carboxylic acids is 2. The Labute approximate surface area is 139 Å². The molecule has 0 atom stereocenters. The third-order valence-electron chi connectivity index (χ3n) is 3.89. The molecule has 7 heteroatoms. The number of amides is 1. The smallest absolute Gasteiger partial charge is 0.299 e. The highest BCUT2D eigenvalue weighted by Crippen LogP contribution is 2.24. The molecule has 1 amide bonds. The standard InChI is InChI=1S/C17H19N3O4/c1-19-11-13(10-16(19)24-12-21)18-17(22)14-4-2-3-5-15(14)20-6-8-23-9-7-20/h2-5,10-12H,6-9H2,1H3,(H,18,22). The maximum atomic E-state index is 12.7. The molecule has 0 spiro atoms. The first-order chi connectivity index (χ1) is 11.7. The number of aryl methyl sites for hydroxylation is 1. The monoisotopic (exact) mass is 329 g/mol. The van der Waals surface area contributed by atoms with Gasteiger partial charge in [-0.1, -0.05) is 12.1 Å². The molecule has 2 heterocycles. The summed E-state index contributed by atoms with van der Waals surface area (Å²) in [6.45, 7) is 3.18. The van der Waals surface area contributed by atoms with Crippen molar-refractivity contribution in [3.05, 3.63) is 42.1 Å². The number of anilines is 2. The number of carbonyl (C=O) groups is 2. The molecule has 1 aliphatic rings. The van der Waals surface area contributed by atoms with Gasteiger partial charge in [0.2, 0.25) is 5.88 Å². The number of hydrogen-bond donors (Lipinski definition) is 1. The number of aromatic nitrogens is 1. The van der Waals surface area contributed by atoms with Crippen molar-refractivity contribution in [2.24, 2.45) is 7.05 Å². The average molecular weight is 329 g/mol. The SMILES string of the molecule is Cn1cc(NC(=O)c2ccccc2N2CCOCC2)cc1OC=O. The number of ether oxygens (including phenoxy) is 2. The molecule has 126 valence electrons. The van der Waals surface area contributed by atoms with Gasteiger partial charge in [-0.3, -0.25) is 9.59 Å². The van der Waals surface area contributed by atoms with E-state index in [-0.39, 0.29) is 5.91 Å². The number of hydrogen-bond acceptors (Lipinski definition) is 5. The van der Waals surface area contributed by atoms with Gasteiger partial charge in [-0.2, -0.15) is 0 Å². The van der Waals surface area contributed by atoms with Gasteiger partial charge >= 0.3 is 0 Å². The van der Waals surface area contributed by atoms with Crippen molar-refractivity contribution in [2.45, 2.75) is 0 Å². The fourth-order valence-corrected chi connectivity index (χ4v) is 2.72. The molecule has 0 saturated carbocycles. The summed E-state index contributed by atoms with van der Waals surface area (Å²) >= 11 is 0. The van der Waals surface area contributed by atoms with Crippen molar-refractivity contribution in [2.75, 3.05) is 36.5 Å². The number of rotatable bonds is 5. The first-order valence-corrected chi connectivity index (χ1v) is 7.69. The van der Waals surface area contributed by atoms with Crippen LogP contribution in [0.5, 0.6) is 5.88 Å². The third-order valence-corrected chi connectivity index (χ3v) is 3.89. The van der Waals surface area contributed by atoms with Gasteiger partial charge in [0.25, 0.3) is 12.4 Å². The molecular formula is C17H19N3O4. The van der Waals surface area contributed by atoms with E-state index in [0.717, 1.165) is 18.8 Å². The van der Waals surface area contributed by atoms with E-state index in [1.807, 2.05) is 18.2 Å². The van der Waals surface area contributed by atoms with Crippen molar-refractivity contribution in [3.63, 3.8) is 0 Å². The minimum Gasteiger partial charge on any atom is -0.411 e. The average Bonchev–Trinajstić information content (AvgIpc) is 2.95. The zero-order chi connectivity index (χ0) is 16.9. The van der Waals surface area contributed by atoms with E-state index in [2.05, 4.69) is 10.2 Å². The predicted octanol–water partition coefficient (Wildman–Crippen LogP) is 1.65. The fraction of sp³-hybridized carbons (Fsp3) is 0.294. The Bertz CT molecular complexity index is 735. The normalized spacial score (nSPS) is 14.3. The minimum atomic E-state index is -0.208. The lowest BCUT2D eigenvalue weighted by Crippen LogP contribution is -2.37. The number of para-hydroxylation sites is 1. The van der Waals surface area contributed by atoms with Crippen LogP contribution in [-0.4, -0.2) is 43.2 Å². The van der Waals surface area contributed by atoms with Crippen molar-refractivity contribution in [3.8, 4) is 5.88 Å². The number of benzene rings is 1. The topological polar surface area (TPSA) is 72.8 Å². The molecule has 0 radical (unpaired) electrons. The lowest BCUT2D eigenvalue weighted by Gasteiger charge is -2.30. The Morgan fingerprint density at radius 1 is 1.29 bits per heavy atom. The van der Waals surface area contributed by atoms with Crippen LogP contribution in [0, 0.1) is 0 Å². The summed E-state index contributed by atoms with van der Waals surface area (Å²) in [7, 11) is 1.73. The van der Waals surface area contributed by atoms with E-state index in [0.29, 0.717) is 36.8 Å². The van der Waals surface area contributed by atoms with Crippen molar-refractivity contribution >= 4 is 23.8 Å². The van der Waals surface area contributed by atoms with E-state index < -0.39 is 0 Å². The van der Waals surface area contributed by atoms with E-state index in [9.17, 15) is 9.59 Å². The van der Waals surface area contributed by atoms with E-state index in [1.54, 1.807) is 29.9 Å². The second kappa shape index (κ2) is 7.18.